The summed E-state index contributed by atoms with van der Waals surface area (Å²) in [6.07, 6.45) is 2.10. The molecule has 1 amide bonds. The first kappa shape index (κ1) is 14.2. The van der Waals surface area contributed by atoms with E-state index in [2.05, 4.69) is 23.2 Å². The molecular formula is C16H23N3O2. The highest BCUT2D eigenvalue weighted by Crippen LogP contribution is 2.40. The SMILES string of the molecule is CCCCN1C(=O)COc2c(N3CCNCC3)cccc21. The third-order valence-electron chi connectivity index (χ3n) is 4.10. The van der Waals surface area contributed by atoms with Gasteiger partial charge < -0.3 is 19.9 Å². The molecule has 2 aliphatic rings. The van der Waals surface area contributed by atoms with Gasteiger partial charge in [0.15, 0.2) is 12.4 Å². The Morgan fingerprint density at radius 3 is 2.76 bits per heavy atom. The van der Waals surface area contributed by atoms with Crippen LogP contribution in [0.15, 0.2) is 18.2 Å². The number of unbranched alkanes of at least 4 members (excludes halogenated alkanes) is 1. The molecule has 1 saturated heterocycles. The number of nitrogens with one attached hydrogen (secondary N) is 1. The number of hydrogen-bond acceptors (Lipinski definition) is 4. The van der Waals surface area contributed by atoms with Crippen LogP contribution < -0.4 is 19.9 Å². The quantitative estimate of drug-likeness (QED) is 0.915. The maximum atomic E-state index is 12.1. The summed E-state index contributed by atoms with van der Waals surface area (Å²) >= 11 is 0. The molecule has 114 valence electrons. The largest absolute Gasteiger partial charge is 0.479 e. The van der Waals surface area contributed by atoms with Crippen LogP contribution in [0.1, 0.15) is 19.8 Å². The molecule has 0 atom stereocenters. The number of carbonyl (C=O) groups is 1. The van der Waals surface area contributed by atoms with E-state index < -0.39 is 0 Å². The number of piperazine rings is 1. The maximum Gasteiger partial charge on any atom is 0.265 e. The van der Waals surface area contributed by atoms with Crippen molar-refractivity contribution >= 4 is 17.3 Å². The van der Waals surface area contributed by atoms with Crippen LogP contribution >= 0.6 is 0 Å². The van der Waals surface area contributed by atoms with Crippen LogP contribution in [0.25, 0.3) is 0 Å². The van der Waals surface area contributed by atoms with E-state index in [4.69, 9.17) is 4.74 Å². The van der Waals surface area contributed by atoms with Gasteiger partial charge >= 0.3 is 0 Å². The molecule has 2 heterocycles. The minimum atomic E-state index is 0.0633. The number of para-hydroxylation sites is 1. The smallest absolute Gasteiger partial charge is 0.265 e. The molecule has 0 aliphatic carbocycles. The zero-order valence-corrected chi connectivity index (χ0v) is 12.6. The lowest BCUT2D eigenvalue weighted by Crippen LogP contribution is -2.44. The minimum absolute atomic E-state index is 0.0633. The number of anilines is 2. The van der Waals surface area contributed by atoms with Crippen LogP contribution in [0.5, 0.6) is 5.75 Å². The van der Waals surface area contributed by atoms with E-state index in [1.54, 1.807) is 0 Å². The van der Waals surface area contributed by atoms with Crippen LogP contribution in [-0.2, 0) is 4.79 Å². The number of benzene rings is 1. The fraction of sp³-hybridized carbons (Fsp3) is 0.562. The Labute approximate surface area is 125 Å². The van der Waals surface area contributed by atoms with Crippen molar-refractivity contribution < 1.29 is 9.53 Å². The molecule has 5 heteroatoms. The van der Waals surface area contributed by atoms with Gasteiger partial charge in [0.05, 0.1) is 11.4 Å². The summed E-state index contributed by atoms with van der Waals surface area (Å²) < 4.78 is 5.78. The molecule has 0 unspecified atom stereocenters. The van der Waals surface area contributed by atoms with E-state index in [1.807, 2.05) is 17.0 Å². The number of hydrogen-bond donors (Lipinski definition) is 1. The Bertz CT molecular complexity index is 512. The molecule has 1 N–H and O–H groups in total. The first-order valence-electron chi connectivity index (χ1n) is 7.83. The van der Waals surface area contributed by atoms with Crippen molar-refractivity contribution in [3.8, 4) is 5.75 Å². The Balaban J connectivity index is 1.91. The van der Waals surface area contributed by atoms with Crippen molar-refractivity contribution in [1.29, 1.82) is 0 Å². The van der Waals surface area contributed by atoms with E-state index >= 15 is 0 Å². The monoisotopic (exact) mass is 289 g/mol. The van der Waals surface area contributed by atoms with Crippen LogP contribution in [0, 0.1) is 0 Å². The van der Waals surface area contributed by atoms with Gasteiger partial charge in [-0.25, -0.2) is 0 Å². The van der Waals surface area contributed by atoms with Gasteiger partial charge in [-0.2, -0.15) is 0 Å². The van der Waals surface area contributed by atoms with Gasteiger partial charge in [-0.3, -0.25) is 4.79 Å². The van der Waals surface area contributed by atoms with Gasteiger partial charge in [0.1, 0.15) is 0 Å². The van der Waals surface area contributed by atoms with Gasteiger partial charge in [0, 0.05) is 32.7 Å². The second kappa shape index (κ2) is 6.35. The van der Waals surface area contributed by atoms with Gasteiger partial charge in [-0.15, -0.1) is 0 Å². The van der Waals surface area contributed by atoms with Crippen LogP contribution in [0.3, 0.4) is 0 Å². The maximum absolute atomic E-state index is 12.1. The summed E-state index contributed by atoms with van der Waals surface area (Å²) in [6.45, 7) is 7.00. The standard InChI is InChI=1S/C16H23N3O2/c1-2-3-9-19-14-6-4-5-13(16(14)21-12-15(19)20)18-10-7-17-8-11-18/h4-6,17H,2-3,7-12H2,1H3. The Morgan fingerprint density at radius 1 is 1.24 bits per heavy atom. The second-order valence-electron chi connectivity index (χ2n) is 5.55. The van der Waals surface area contributed by atoms with Crippen molar-refractivity contribution in [2.75, 3.05) is 49.1 Å². The summed E-state index contributed by atoms with van der Waals surface area (Å²) in [6, 6.07) is 6.11. The first-order valence-corrected chi connectivity index (χ1v) is 7.83. The highest BCUT2D eigenvalue weighted by Gasteiger charge is 2.28. The molecule has 1 aromatic carbocycles. The number of nitrogens with zero attached hydrogens (tertiary/aromatic N) is 2. The Morgan fingerprint density at radius 2 is 2.00 bits per heavy atom. The molecule has 2 aliphatic heterocycles. The highest BCUT2D eigenvalue weighted by atomic mass is 16.5. The molecule has 3 rings (SSSR count). The van der Waals surface area contributed by atoms with E-state index in [0.29, 0.717) is 0 Å². The average molecular weight is 289 g/mol. The normalized spacial score (nSPS) is 18.4. The second-order valence-corrected chi connectivity index (χ2v) is 5.55. The van der Waals surface area contributed by atoms with E-state index in [-0.39, 0.29) is 12.5 Å². The van der Waals surface area contributed by atoms with Crippen molar-refractivity contribution in [3.63, 3.8) is 0 Å². The molecule has 1 fully saturated rings. The molecular weight excluding hydrogens is 266 g/mol. The summed E-state index contributed by atoms with van der Waals surface area (Å²) in [4.78, 5) is 16.3. The predicted molar refractivity (Wildman–Crippen MR) is 84.3 cm³/mol. The molecule has 21 heavy (non-hydrogen) atoms. The number of rotatable bonds is 4. The first-order chi connectivity index (χ1) is 10.3. The Kier molecular flexibility index (Phi) is 4.29. The number of carbonyl (C=O) groups excluding carboxylic acids is 1. The zero-order chi connectivity index (χ0) is 14.7. The molecule has 0 spiro atoms. The van der Waals surface area contributed by atoms with Crippen LogP contribution in [-0.4, -0.2) is 45.2 Å². The molecule has 0 bridgehead atoms. The minimum Gasteiger partial charge on any atom is -0.479 e. The van der Waals surface area contributed by atoms with Gasteiger partial charge in [0.25, 0.3) is 5.91 Å². The van der Waals surface area contributed by atoms with Gasteiger partial charge in [0.2, 0.25) is 0 Å². The topological polar surface area (TPSA) is 44.8 Å². The van der Waals surface area contributed by atoms with Crippen LogP contribution in [0.2, 0.25) is 0 Å². The molecule has 5 nitrogen and oxygen atoms in total. The van der Waals surface area contributed by atoms with Crippen LogP contribution in [0.4, 0.5) is 11.4 Å². The third-order valence-corrected chi connectivity index (χ3v) is 4.10. The van der Waals surface area contributed by atoms with Crippen molar-refractivity contribution in [2.24, 2.45) is 0 Å². The third kappa shape index (κ3) is 2.83. The van der Waals surface area contributed by atoms with Gasteiger partial charge in [-0.05, 0) is 18.6 Å². The van der Waals surface area contributed by atoms with E-state index in [0.717, 1.165) is 62.7 Å². The predicted octanol–water partition coefficient (Wildman–Crippen LogP) is 1.62. The van der Waals surface area contributed by atoms with E-state index in [1.165, 1.54) is 0 Å². The van der Waals surface area contributed by atoms with Crippen molar-refractivity contribution in [3.05, 3.63) is 18.2 Å². The highest BCUT2D eigenvalue weighted by molar-refractivity contribution is 5.99. The summed E-state index contributed by atoms with van der Waals surface area (Å²) in [5.74, 6) is 0.934. The molecule has 1 aromatic rings. The number of amides is 1. The van der Waals surface area contributed by atoms with E-state index in [9.17, 15) is 4.79 Å². The molecule has 0 radical (unpaired) electrons. The lowest BCUT2D eigenvalue weighted by Gasteiger charge is -2.35. The fourth-order valence-electron chi connectivity index (χ4n) is 2.94. The van der Waals surface area contributed by atoms with Crippen molar-refractivity contribution in [2.45, 2.75) is 19.8 Å². The lowest BCUT2D eigenvalue weighted by molar-refractivity contribution is -0.121. The number of ether oxygens (including phenoxy) is 1. The summed E-state index contributed by atoms with van der Waals surface area (Å²) in [5, 5.41) is 3.36. The number of fused-ring (bicyclic) bond motifs is 1. The summed E-state index contributed by atoms with van der Waals surface area (Å²) in [7, 11) is 0. The van der Waals surface area contributed by atoms with Gasteiger partial charge in [-0.1, -0.05) is 19.4 Å². The molecule has 0 aromatic heterocycles. The fourth-order valence-corrected chi connectivity index (χ4v) is 2.94. The summed E-state index contributed by atoms with van der Waals surface area (Å²) in [5.41, 5.74) is 2.04. The Hall–Kier alpha value is -1.75. The lowest BCUT2D eigenvalue weighted by atomic mass is 10.1. The average Bonchev–Trinajstić information content (AvgIpc) is 2.54. The molecule has 0 saturated carbocycles. The van der Waals surface area contributed by atoms with Crippen molar-refractivity contribution in [1.82, 2.24) is 5.32 Å². The zero-order valence-electron chi connectivity index (χ0n) is 12.6.